The fourth-order valence-electron chi connectivity index (χ4n) is 1.86. The fraction of sp³-hybridized carbons (Fsp3) is 0.300. The van der Waals surface area contributed by atoms with Crippen molar-refractivity contribution in [1.82, 2.24) is 34.3 Å². The van der Waals surface area contributed by atoms with Crippen molar-refractivity contribution in [1.29, 1.82) is 0 Å². The highest BCUT2D eigenvalue weighted by Gasteiger charge is 2.12. The third kappa shape index (κ3) is 1.94. The summed E-state index contributed by atoms with van der Waals surface area (Å²) in [5, 5.41) is 17.3. The topological polar surface area (TPSA) is 106 Å². The number of aromatic amines is 1. The number of nitrogens with one attached hydrogen (secondary N) is 2. The van der Waals surface area contributed by atoms with Crippen LogP contribution in [0, 0.1) is 0 Å². The van der Waals surface area contributed by atoms with Crippen molar-refractivity contribution in [2.75, 3.05) is 5.32 Å². The second kappa shape index (κ2) is 4.19. The molecule has 0 saturated carbocycles. The maximum Gasteiger partial charge on any atom is 0.348 e. The van der Waals surface area contributed by atoms with Crippen LogP contribution in [-0.2, 0) is 7.05 Å². The summed E-state index contributed by atoms with van der Waals surface area (Å²) >= 11 is 0. The molecule has 2 N–H and O–H groups in total. The van der Waals surface area contributed by atoms with Gasteiger partial charge in [0.2, 0.25) is 0 Å². The van der Waals surface area contributed by atoms with Gasteiger partial charge in [0.1, 0.15) is 18.5 Å². The van der Waals surface area contributed by atoms with E-state index in [1.807, 2.05) is 18.5 Å². The highest BCUT2D eigenvalue weighted by molar-refractivity contribution is 5.48. The number of rotatable bonds is 3. The van der Waals surface area contributed by atoms with Gasteiger partial charge in [0.05, 0.1) is 6.04 Å². The lowest BCUT2D eigenvalue weighted by Crippen LogP contribution is -2.14. The number of aryl methyl sites for hydroxylation is 1. The molecular formula is C10H12N8O. The third-order valence-corrected chi connectivity index (χ3v) is 2.81. The summed E-state index contributed by atoms with van der Waals surface area (Å²) in [5.74, 6) is 1.41. The van der Waals surface area contributed by atoms with Crippen LogP contribution in [0.25, 0.3) is 5.65 Å². The summed E-state index contributed by atoms with van der Waals surface area (Å²) in [7, 11) is 1.87. The average molecular weight is 260 g/mol. The molecule has 0 aromatic carbocycles. The molecule has 1 unspecified atom stereocenters. The minimum Gasteiger partial charge on any atom is -0.360 e. The van der Waals surface area contributed by atoms with Gasteiger partial charge in [0.15, 0.2) is 11.5 Å². The van der Waals surface area contributed by atoms with Gasteiger partial charge in [0.25, 0.3) is 0 Å². The van der Waals surface area contributed by atoms with Crippen LogP contribution in [0.15, 0.2) is 23.5 Å². The van der Waals surface area contributed by atoms with E-state index in [0.717, 1.165) is 5.82 Å². The monoisotopic (exact) mass is 260 g/mol. The van der Waals surface area contributed by atoms with Crippen LogP contribution in [0.4, 0.5) is 5.82 Å². The van der Waals surface area contributed by atoms with Crippen LogP contribution in [0.5, 0.6) is 0 Å². The second-order valence-electron chi connectivity index (χ2n) is 4.20. The van der Waals surface area contributed by atoms with Gasteiger partial charge in [-0.15, -0.1) is 10.2 Å². The Bertz CT molecular complexity index is 769. The summed E-state index contributed by atoms with van der Waals surface area (Å²) in [6, 6.07) is 1.62. The summed E-state index contributed by atoms with van der Waals surface area (Å²) in [6.07, 6.45) is 3.06. The van der Waals surface area contributed by atoms with Gasteiger partial charge in [-0.2, -0.15) is 5.10 Å². The maximum atomic E-state index is 11.3. The van der Waals surface area contributed by atoms with Crippen LogP contribution in [0.3, 0.4) is 0 Å². The van der Waals surface area contributed by atoms with E-state index in [2.05, 4.69) is 30.7 Å². The number of nitrogens with zero attached hydrogens (tertiary/aromatic N) is 6. The van der Waals surface area contributed by atoms with E-state index in [1.54, 1.807) is 12.4 Å². The lowest BCUT2D eigenvalue weighted by molar-refractivity contribution is 0.716. The quantitative estimate of drug-likeness (QED) is 0.671. The van der Waals surface area contributed by atoms with Crippen molar-refractivity contribution in [3.05, 3.63) is 35.0 Å². The maximum absolute atomic E-state index is 11.3. The molecule has 9 heteroatoms. The molecule has 0 radical (unpaired) electrons. The van der Waals surface area contributed by atoms with Crippen molar-refractivity contribution in [3.8, 4) is 0 Å². The first-order chi connectivity index (χ1) is 9.15. The SMILES string of the molecule is CC(Nc1cc2n[nH]c(=O)n2cn1)c1nncn1C. The molecule has 0 aliphatic heterocycles. The van der Waals surface area contributed by atoms with Crippen LogP contribution in [-0.4, -0.2) is 34.3 Å². The lowest BCUT2D eigenvalue weighted by atomic mass is 10.3. The van der Waals surface area contributed by atoms with Crippen molar-refractivity contribution in [2.24, 2.45) is 7.05 Å². The van der Waals surface area contributed by atoms with Crippen molar-refractivity contribution in [2.45, 2.75) is 13.0 Å². The van der Waals surface area contributed by atoms with E-state index in [9.17, 15) is 4.79 Å². The highest BCUT2D eigenvalue weighted by Crippen LogP contribution is 2.15. The lowest BCUT2D eigenvalue weighted by Gasteiger charge is -2.13. The number of aromatic nitrogens is 7. The molecule has 3 aromatic heterocycles. The Morgan fingerprint density at radius 1 is 1.42 bits per heavy atom. The molecule has 3 heterocycles. The minimum atomic E-state index is -0.310. The Hall–Kier alpha value is -2.71. The number of anilines is 1. The highest BCUT2D eigenvalue weighted by atomic mass is 16.1. The standard InChI is InChI=1S/C10H12N8O/c1-6(9-15-12-5-17(9)2)13-7-3-8-14-16-10(19)18(8)4-11-7/h3-6,13H,1-2H3,(H,16,19). The molecule has 0 spiro atoms. The largest absolute Gasteiger partial charge is 0.360 e. The molecule has 1 atom stereocenters. The Labute approximate surface area is 107 Å². The Balaban J connectivity index is 1.89. The van der Waals surface area contributed by atoms with E-state index >= 15 is 0 Å². The van der Waals surface area contributed by atoms with Gasteiger partial charge in [-0.25, -0.2) is 19.3 Å². The zero-order chi connectivity index (χ0) is 13.4. The average Bonchev–Trinajstić information content (AvgIpc) is 2.96. The summed E-state index contributed by atoms with van der Waals surface area (Å²) in [4.78, 5) is 15.5. The molecule has 3 rings (SSSR count). The van der Waals surface area contributed by atoms with Crippen LogP contribution < -0.4 is 11.0 Å². The second-order valence-corrected chi connectivity index (χ2v) is 4.20. The van der Waals surface area contributed by atoms with Crippen LogP contribution >= 0.6 is 0 Å². The molecule has 9 nitrogen and oxygen atoms in total. The molecule has 0 aliphatic carbocycles. The van der Waals surface area contributed by atoms with Crippen molar-refractivity contribution in [3.63, 3.8) is 0 Å². The fourth-order valence-corrected chi connectivity index (χ4v) is 1.86. The Kier molecular flexibility index (Phi) is 2.51. The number of hydrogen-bond donors (Lipinski definition) is 2. The van der Waals surface area contributed by atoms with E-state index in [0.29, 0.717) is 11.5 Å². The third-order valence-electron chi connectivity index (χ3n) is 2.81. The molecule has 0 bridgehead atoms. The molecule has 3 aromatic rings. The summed E-state index contributed by atoms with van der Waals surface area (Å²) in [5.41, 5.74) is 0.197. The van der Waals surface area contributed by atoms with E-state index < -0.39 is 0 Å². The van der Waals surface area contributed by atoms with Gasteiger partial charge < -0.3 is 9.88 Å². The normalized spacial score (nSPS) is 12.7. The molecule has 0 saturated heterocycles. The van der Waals surface area contributed by atoms with Crippen LogP contribution in [0.1, 0.15) is 18.8 Å². The Morgan fingerprint density at radius 3 is 3.00 bits per heavy atom. The number of H-pyrrole nitrogens is 1. The first-order valence-corrected chi connectivity index (χ1v) is 5.68. The van der Waals surface area contributed by atoms with Gasteiger partial charge in [-0.1, -0.05) is 0 Å². The van der Waals surface area contributed by atoms with E-state index in [4.69, 9.17) is 0 Å². The Morgan fingerprint density at radius 2 is 2.26 bits per heavy atom. The molecule has 19 heavy (non-hydrogen) atoms. The van der Waals surface area contributed by atoms with Crippen LogP contribution in [0.2, 0.25) is 0 Å². The smallest absolute Gasteiger partial charge is 0.348 e. The minimum absolute atomic E-state index is 0.0619. The van der Waals surface area contributed by atoms with Gasteiger partial charge in [-0.3, -0.25) is 0 Å². The van der Waals surface area contributed by atoms with Gasteiger partial charge in [0, 0.05) is 13.1 Å². The number of fused-ring (bicyclic) bond motifs is 1. The summed E-state index contributed by atoms with van der Waals surface area (Å²) < 4.78 is 3.16. The predicted molar refractivity (Wildman–Crippen MR) is 66.6 cm³/mol. The zero-order valence-corrected chi connectivity index (χ0v) is 10.4. The molecular weight excluding hydrogens is 248 g/mol. The van der Waals surface area contributed by atoms with Crippen molar-refractivity contribution >= 4 is 11.5 Å². The van der Waals surface area contributed by atoms with Gasteiger partial charge in [-0.05, 0) is 6.92 Å². The number of hydrogen-bond acceptors (Lipinski definition) is 6. The van der Waals surface area contributed by atoms with E-state index in [-0.39, 0.29) is 11.7 Å². The first kappa shape index (κ1) is 11.4. The molecule has 98 valence electrons. The molecule has 0 amide bonds. The first-order valence-electron chi connectivity index (χ1n) is 5.68. The molecule has 0 fully saturated rings. The zero-order valence-electron chi connectivity index (χ0n) is 10.4. The summed E-state index contributed by atoms with van der Waals surface area (Å²) in [6.45, 7) is 1.95. The predicted octanol–water partition coefficient (Wildman–Crippen LogP) is -0.281. The van der Waals surface area contributed by atoms with Gasteiger partial charge >= 0.3 is 5.69 Å². The van der Waals surface area contributed by atoms with Crippen molar-refractivity contribution < 1.29 is 0 Å². The molecule has 0 aliphatic rings. The van der Waals surface area contributed by atoms with E-state index in [1.165, 1.54) is 10.7 Å².